The normalized spacial score (nSPS) is 16.7. The molecule has 0 bridgehead atoms. The molecular formula is C23H26N4O3. The number of nitrogens with two attached hydrogens (primary N) is 1. The first-order chi connectivity index (χ1) is 14.5. The van der Waals surface area contributed by atoms with Crippen molar-refractivity contribution in [3.05, 3.63) is 82.7 Å². The van der Waals surface area contributed by atoms with Crippen LogP contribution in [0, 0.1) is 0 Å². The molecule has 4 N–H and O–H groups in total. The predicted octanol–water partition coefficient (Wildman–Crippen LogP) is 1.72. The monoisotopic (exact) mass is 406 g/mol. The Morgan fingerprint density at radius 2 is 2.13 bits per heavy atom. The zero-order valence-corrected chi connectivity index (χ0v) is 16.9. The molecule has 7 heteroatoms. The number of aryl methyl sites for hydroxylation is 1. The highest BCUT2D eigenvalue weighted by atomic mass is 16.5. The molecule has 7 nitrogen and oxygen atoms in total. The van der Waals surface area contributed by atoms with E-state index in [-0.39, 0.29) is 6.04 Å². The van der Waals surface area contributed by atoms with E-state index in [0.717, 1.165) is 17.0 Å². The largest absolute Gasteiger partial charge is 0.487 e. The number of benzene rings is 2. The van der Waals surface area contributed by atoms with Crippen molar-refractivity contribution in [1.82, 2.24) is 15.1 Å². The third kappa shape index (κ3) is 4.37. The van der Waals surface area contributed by atoms with Crippen LogP contribution in [0.15, 0.2) is 54.7 Å². The van der Waals surface area contributed by atoms with E-state index in [1.165, 1.54) is 11.1 Å². The Hall–Kier alpha value is -3.16. The summed E-state index contributed by atoms with van der Waals surface area (Å²) >= 11 is 0. The Balaban J connectivity index is 1.40. The van der Waals surface area contributed by atoms with Crippen LogP contribution in [0.5, 0.6) is 5.75 Å². The smallest absolute Gasteiger partial charge is 0.248 e. The molecular weight excluding hydrogens is 380 g/mol. The summed E-state index contributed by atoms with van der Waals surface area (Å²) in [7, 11) is 1.89. The lowest BCUT2D eigenvalue weighted by Gasteiger charge is -2.30. The van der Waals surface area contributed by atoms with Crippen molar-refractivity contribution in [2.24, 2.45) is 12.8 Å². The Morgan fingerprint density at radius 3 is 2.90 bits per heavy atom. The summed E-state index contributed by atoms with van der Waals surface area (Å²) in [4.78, 5) is 11.6. The third-order valence-electron chi connectivity index (χ3n) is 5.66. The van der Waals surface area contributed by atoms with Crippen LogP contribution in [-0.4, -0.2) is 32.9 Å². The number of aromatic nitrogens is 2. The van der Waals surface area contributed by atoms with Crippen molar-refractivity contribution >= 4 is 5.91 Å². The summed E-state index contributed by atoms with van der Waals surface area (Å²) in [5, 5.41) is 18.3. The Morgan fingerprint density at radius 1 is 1.30 bits per heavy atom. The lowest BCUT2D eigenvalue weighted by atomic mass is 9.89. The number of aliphatic hydroxyl groups is 1. The highest BCUT2D eigenvalue weighted by molar-refractivity contribution is 5.94. The number of hydrogen-bond acceptors (Lipinski definition) is 5. The van der Waals surface area contributed by atoms with Crippen molar-refractivity contribution in [2.75, 3.05) is 0 Å². The Kier molecular flexibility index (Phi) is 5.83. The van der Waals surface area contributed by atoms with E-state index in [1.807, 2.05) is 37.4 Å². The van der Waals surface area contributed by atoms with Crippen LogP contribution >= 0.6 is 0 Å². The lowest BCUT2D eigenvalue weighted by molar-refractivity contribution is 0.0995. The minimum Gasteiger partial charge on any atom is -0.487 e. The standard InChI is InChI=1S/C23H26N4O3/c1-27-18(8-9-26-27)14-30-19-7-6-15-11-21(25-13-17(15)10-19)22(28)12-16-4-2-3-5-20(16)23(24)29/h2-10,21-22,25,28H,11-14H2,1H3,(H2,24,29)/t21-,22+/m0/s1. The van der Waals surface area contributed by atoms with Gasteiger partial charge in [0.05, 0.1) is 11.8 Å². The number of nitrogens with one attached hydrogen (secondary N) is 1. The number of ether oxygens (including phenoxy) is 1. The number of primary amides is 1. The number of hydrogen-bond donors (Lipinski definition) is 3. The SMILES string of the molecule is Cn1nccc1COc1ccc2c(c1)CN[C@H]([C@H](O)Cc1ccccc1C(N)=O)C2. The number of rotatable bonds is 7. The van der Waals surface area contributed by atoms with Crippen LogP contribution in [0.2, 0.25) is 0 Å². The Labute approximate surface area is 175 Å². The van der Waals surface area contributed by atoms with Gasteiger partial charge in [0.2, 0.25) is 5.91 Å². The molecule has 0 saturated heterocycles. The molecule has 1 aliphatic rings. The van der Waals surface area contributed by atoms with Crippen LogP contribution in [0.4, 0.5) is 0 Å². The van der Waals surface area contributed by atoms with E-state index in [1.54, 1.807) is 23.0 Å². The number of aliphatic hydroxyl groups excluding tert-OH is 1. The zero-order valence-electron chi connectivity index (χ0n) is 16.9. The quantitative estimate of drug-likeness (QED) is 0.554. The van der Waals surface area contributed by atoms with Gasteiger partial charge in [0.1, 0.15) is 12.4 Å². The molecule has 0 radical (unpaired) electrons. The summed E-state index contributed by atoms with van der Waals surface area (Å²) in [6, 6.07) is 15.1. The second-order valence-corrected chi connectivity index (χ2v) is 7.65. The fraction of sp³-hybridized carbons (Fsp3) is 0.304. The van der Waals surface area contributed by atoms with Gasteiger partial charge in [-0.2, -0.15) is 5.10 Å². The molecule has 1 aliphatic heterocycles. The minimum atomic E-state index is -0.626. The first-order valence-corrected chi connectivity index (χ1v) is 10.0. The molecule has 1 aromatic heterocycles. The van der Waals surface area contributed by atoms with Crippen molar-refractivity contribution in [3.63, 3.8) is 0 Å². The lowest BCUT2D eigenvalue weighted by Crippen LogP contribution is -2.45. The summed E-state index contributed by atoms with van der Waals surface area (Å²) in [5.74, 6) is 0.338. The van der Waals surface area contributed by atoms with E-state index in [4.69, 9.17) is 10.5 Å². The van der Waals surface area contributed by atoms with Crippen molar-refractivity contribution < 1.29 is 14.6 Å². The van der Waals surface area contributed by atoms with Crippen molar-refractivity contribution in [2.45, 2.75) is 38.1 Å². The minimum absolute atomic E-state index is 0.0976. The molecule has 2 aromatic carbocycles. The van der Waals surface area contributed by atoms with Crippen LogP contribution < -0.4 is 15.8 Å². The van der Waals surface area contributed by atoms with Gasteiger partial charge >= 0.3 is 0 Å². The Bertz CT molecular complexity index is 1050. The fourth-order valence-corrected chi connectivity index (χ4v) is 3.88. The van der Waals surface area contributed by atoms with E-state index < -0.39 is 12.0 Å². The van der Waals surface area contributed by atoms with E-state index in [0.29, 0.717) is 31.6 Å². The predicted molar refractivity (Wildman–Crippen MR) is 113 cm³/mol. The van der Waals surface area contributed by atoms with Gasteiger partial charge in [0, 0.05) is 37.8 Å². The van der Waals surface area contributed by atoms with Gasteiger partial charge in [0.15, 0.2) is 0 Å². The number of carbonyl (C=O) groups is 1. The molecule has 30 heavy (non-hydrogen) atoms. The fourth-order valence-electron chi connectivity index (χ4n) is 3.88. The van der Waals surface area contributed by atoms with Gasteiger partial charge in [-0.25, -0.2) is 0 Å². The van der Waals surface area contributed by atoms with Gasteiger partial charge in [-0.3, -0.25) is 9.48 Å². The van der Waals surface area contributed by atoms with E-state index in [9.17, 15) is 9.90 Å². The van der Waals surface area contributed by atoms with Crippen LogP contribution in [0.1, 0.15) is 32.7 Å². The molecule has 4 rings (SSSR count). The zero-order chi connectivity index (χ0) is 21.1. The summed E-state index contributed by atoms with van der Waals surface area (Å²) in [6.07, 6.45) is 2.21. The van der Waals surface area contributed by atoms with Gasteiger partial charge in [-0.1, -0.05) is 24.3 Å². The average molecular weight is 406 g/mol. The molecule has 0 fully saturated rings. The van der Waals surface area contributed by atoms with Gasteiger partial charge in [-0.05, 0) is 47.4 Å². The average Bonchev–Trinajstić information content (AvgIpc) is 3.16. The maximum Gasteiger partial charge on any atom is 0.248 e. The first-order valence-electron chi connectivity index (χ1n) is 10.0. The number of amides is 1. The maximum atomic E-state index is 11.6. The number of carbonyl (C=O) groups excluding carboxylic acids is 1. The molecule has 0 spiro atoms. The second kappa shape index (κ2) is 8.69. The van der Waals surface area contributed by atoms with Crippen LogP contribution in [-0.2, 0) is 33.0 Å². The molecule has 1 amide bonds. The summed E-state index contributed by atoms with van der Waals surface area (Å²) in [6.45, 7) is 1.11. The maximum absolute atomic E-state index is 11.6. The molecule has 3 aromatic rings. The van der Waals surface area contributed by atoms with Gasteiger partial charge in [0.25, 0.3) is 0 Å². The number of nitrogens with zero attached hydrogens (tertiary/aromatic N) is 2. The highest BCUT2D eigenvalue weighted by Crippen LogP contribution is 2.25. The third-order valence-corrected chi connectivity index (χ3v) is 5.66. The van der Waals surface area contributed by atoms with E-state index in [2.05, 4.69) is 16.5 Å². The van der Waals surface area contributed by atoms with Crippen molar-refractivity contribution in [1.29, 1.82) is 0 Å². The number of fused-ring (bicyclic) bond motifs is 1. The molecule has 2 atom stereocenters. The van der Waals surface area contributed by atoms with Crippen LogP contribution in [0.25, 0.3) is 0 Å². The second-order valence-electron chi connectivity index (χ2n) is 7.65. The summed E-state index contributed by atoms with van der Waals surface area (Å²) in [5.41, 5.74) is 10.0. The van der Waals surface area contributed by atoms with Gasteiger partial charge < -0.3 is 20.9 Å². The van der Waals surface area contributed by atoms with Gasteiger partial charge in [-0.15, -0.1) is 0 Å². The highest BCUT2D eigenvalue weighted by Gasteiger charge is 2.26. The first kappa shape index (κ1) is 20.1. The van der Waals surface area contributed by atoms with E-state index >= 15 is 0 Å². The topological polar surface area (TPSA) is 102 Å². The summed E-state index contributed by atoms with van der Waals surface area (Å²) < 4.78 is 7.70. The molecule has 156 valence electrons. The molecule has 0 saturated carbocycles. The molecule has 0 unspecified atom stereocenters. The van der Waals surface area contributed by atoms with Crippen molar-refractivity contribution in [3.8, 4) is 5.75 Å². The van der Waals surface area contributed by atoms with Crippen LogP contribution in [0.3, 0.4) is 0 Å². The molecule has 2 heterocycles. The molecule has 0 aliphatic carbocycles.